The molecule has 3 aromatic carbocycles. The molecule has 0 bridgehead atoms. The van der Waals surface area contributed by atoms with Gasteiger partial charge in [-0.15, -0.1) is 0 Å². The Hall–Kier alpha value is -3.69. The van der Waals surface area contributed by atoms with Gasteiger partial charge in [0.1, 0.15) is 11.8 Å². The number of nitrogens with one attached hydrogen (secondary N) is 2. The molecule has 3 rings (SSSR count). The van der Waals surface area contributed by atoms with Crippen LogP contribution in [0.15, 0.2) is 83.8 Å². The molecule has 0 aliphatic carbocycles. The molecule has 1 atom stereocenters. The van der Waals surface area contributed by atoms with Crippen molar-refractivity contribution in [3.63, 3.8) is 0 Å². The number of amides is 2. The zero-order valence-corrected chi connectivity index (χ0v) is 22.8. The van der Waals surface area contributed by atoms with Gasteiger partial charge in [0, 0.05) is 26.1 Å². The number of rotatable bonds is 13. The van der Waals surface area contributed by atoms with E-state index in [1.807, 2.05) is 54.6 Å². The van der Waals surface area contributed by atoms with Crippen molar-refractivity contribution in [3.05, 3.63) is 95.6 Å². The Bertz CT molecular complexity index is 1290. The van der Waals surface area contributed by atoms with E-state index in [1.54, 1.807) is 38.0 Å². The van der Waals surface area contributed by atoms with Gasteiger partial charge in [-0.2, -0.15) is 0 Å². The number of aryl methyl sites for hydroxylation is 1. The van der Waals surface area contributed by atoms with Crippen molar-refractivity contribution < 1.29 is 22.7 Å². The number of methoxy groups -OCH3 is 1. The first-order chi connectivity index (χ1) is 18.2. The van der Waals surface area contributed by atoms with Gasteiger partial charge in [0.2, 0.25) is 21.8 Å². The molecule has 0 saturated heterocycles. The monoisotopic (exact) mass is 537 g/mol. The van der Waals surface area contributed by atoms with E-state index in [-0.39, 0.29) is 23.1 Å². The molecule has 0 fully saturated rings. The van der Waals surface area contributed by atoms with Gasteiger partial charge in [-0.25, -0.2) is 13.1 Å². The lowest BCUT2D eigenvalue weighted by atomic mass is 10.1. The molecule has 2 amide bonds. The fraction of sp³-hybridized carbons (Fsp3) is 0.310. The van der Waals surface area contributed by atoms with Crippen molar-refractivity contribution in [2.75, 3.05) is 13.7 Å². The van der Waals surface area contributed by atoms with Gasteiger partial charge < -0.3 is 15.0 Å². The predicted molar refractivity (Wildman–Crippen MR) is 147 cm³/mol. The summed E-state index contributed by atoms with van der Waals surface area (Å²) in [5.41, 5.74) is 2.69. The van der Waals surface area contributed by atoms with Crippen LogP contribution in [0.25, 0.3) is 0 Å². The number of ether oxygens (including phenoxy) is 1. The molecule has 0 aliphatic rings. The van der Waals surface area contributed by atoms with E-state index in [1.165, 1.54) is 12.1 Å². The van der Waals surface area contributed by atoms with Crippen LogP contribution in [0, 0.1) is 0 Å². The van der Waals surface area contributed by atoms with Crippen molar-refractivity contribution in [2.24, 2.45) is 0 Å². The number of benzene rings is 3. The Kier molecular flexibility index (Phi) is 10.4. The second-order valence-corrected chi connectivity index (χ2v) is 10.7. The van der Waals surface area contributed by atoms with Crippen molar-refractivity contribution >= 4 is 21.8 Å². The van der Waals surface area contributed by atoms with Crippen LogP contribution in [0.3, 0.4) is 0 Å². The number of nitrogens with zero attached hydrogens (tertiary/aromatic N) is 1. The summed E-state index contributed by atoms with van der Waals surface area (Å²) in [6, 6.07) is 22.8. The van der Waals surface area contributed by atoms with E-state index in [2.05, 4.69) is 10.0 Å². The van der Waals surface area contributed by atoms with Gasteiger partial charge in [0.25, 0.3) is 0 Å². The molecule has 0 aromatic heterocycles. The largest absolute Gasteiger partial charge is 0.497 e. The van der Waals surface area contributed by atoms with E-state index < -0.39 is 16.1 Å². The zero-order chi connectivity index (χ0) is 27.5. The van der Waals surface area contributed by atoms with E-state index in [4.69, 9.17) is 4.74 Å². The maximum atomic E-state index is 13.3. The lowest BCUT2D eigenvalue weighted by molar-refractivity contribution is -0.140. The lowest BCUT2D eigenvalue weighted by Crippen LogP contribution is -2.47. The highest BCUT2D eigenvalue weighted by Crippen LogP contribution is 2.16. The average molecular weight is 538 g/mol. The van der Waals surface area contributed by atoms with Crippen LogP contribution in [-0.4, -0.2) is 44.8 Å². The third-order valence-corrected chi connectivity index (χ3v) is 7.75. The normalized spacial score (nSPS) is 12.0. The highest BCUT2D eigenvalue weighted by atomic mass is 32.2. The second-order valence-electron chi connectivity index (χ2n) is 8.89. The van der Waals surface area contributed by atoms with E-state index in [9.17, 15) is 18.0 Å². The smallest absolute Gasteiger partial charge is 0.242 e. The maximum Gasteiger partial charge on any atom is 0.242 e. The standard InChI is InChI=1S/C29H35N3O5S/c1-4-31-38(35,36)27-17-12-23(13-18-27)14-19-28(33)32(21-25-8-6-5-7-9-25)22(2)29(34)30-20-24-10-15-26(37-3)16-11-24/h5-13,15-18,22,31H,4,14,19-21H2,1-3H3,(H,30,34)/t22-/m0/s1. The minimum atomic E-state index is -3.53. The van der Waals surface area contributed by atoms with Crippen LogP contribution in [0.4, 0.5) is 0 Å². The van der Waals surface area contributed by atoms with Gasteiger partial charge in [0.15, 0.2) is 0 Å². The van der Waals surface area contributed by atoms with Crippen LogP contribution < -0.4 is 14.8 Å². The van der Waals surface area contributed by atoms with Crippen molar-refractivity contribution in [3.8, 4) is 5.75 Å². The molecule has 9 heteroatoms. The Morgan fingerprint density at radius 1 is 0.895 bits per heavy atom. The lowest BCUT2D eigenvalue weighted by Gasteiger charge is -2.29. The number of carbonyl (C=O) groups excluding carboxylic acids is 2. The zero-order valence-electron chi connectivity index (χ0n) is 22.0. The average Bonchev–Trinajstić information content (AvgIpc) is 2.94. The molecule has 0 spiro atoms. The summed E-state index contributed by atoms with van der Waals surface area (Å²) in [7, 11) is -1.93. The number of hydrogen-bond acceptors (Lipinski definition) is 5. The Morgan fingerprint density at radius 2 is 1.53 bits per heavy atom. The summed E-state index contributed by atoms with van der Waals surface area (Å²) < 4.78 is 32.0. The molecule has 38 heavy (non-hydrogen) atoms. The quantitative estimate of drug-likeness (QED) is 0.346. The van der Waals surface area contributed by atoms with Crippen molar-refractivity contribution in [1.82, 2.24) is 14.9 Å². The third kappa shape index (κ3) is 8.16. The molecule has 0 aliphatic heterocycles. The number of sulfonamides is 1. The topological polar surface area (TPSA) is 105 Å². The third-order valence-electron chi connectivity index (χ3n) is 6.18. The van der Waals surface area contributed by atoms with Gasteiger partial charge >= 0.3 is 0 Å². The second kappa shape index (κ2) is 13.7. The predicted octanol–water partition coefficient (Wildman–Crippen LogP) is 3.66. The molecular weight excluding hydrogens is 502 g/mol. The van der Waals surface area contributed by atoms with Gasteiger partial charge in [-0.05, 0) is 54.3 Å². The minimum absolute atomic E-state index is 0.162. The van der Waals surface area contributed by atoms with Crippen LogP contribution in [0.1, 0.15) is 37.0 Å². The summed E-state index contributed by atoms with van der Waals surface area (Å²) in [5, 5.41) is 2.93. The fourth-order valence-corrected chi connectivity index (χ4v) is 4.99. The molecule has 8 nitrogen and oxygen atoms in total. The summed E-state index contributed by atoms with van der Waals surface area (Å²) >= 11 is 0. The molecule has 3 aromatic rings. The van der Waals surface area contributed by atoms with E-state index >= 15 is 0 Å². The van der Waals surface area contributed by atoms with Gasteiger partial charge in [-0.1, -0.05) is 61.5 Å². The van der Waals surface area contributed by atoms with Crippen LogP contribution in [0.5, 0.6) is 5.75 Å². The summed E-state index contributed by atoms with van der Waals surface area (Å²) in [5.74, 6) is 0.329. The Balaban J connectivity index is 1.67. The summed E-state index contributed by atoms with van der Waals surface area (Å²) in [6.45, 7) is 4.39. The minimum Gasteiger partial charge on any atom is -0.497 e. The Labute approximate surface area is 225 Å². The molecule has 0 radical (unpaired) electrons. The first-order valence-corrected chi connectivity index (χ1v) is 14.0. The summed E-state index contributed by atoms with van der Waals surface area (Å²) in [4.78, 5) is 28.2. The van der Waals surface area contributed by atoms with Crippen molar-refractivity contribution in [2.45, 2.75) is 50.7 Å². The van der Waals surface area contributed by atoms with Crippen LogP contribution >= 0.6 is 0 Å². The molecule has 0 saturated carbocycles. The van der Waals surface area contributed by atoms with Crippen LogP contribution in [-0.2, 0) is 39.1 Å². The first kappa shape index (κ1) is 28.9. The van der Waals surface area contributed by atoms with Gasteiger partial charge in [-0.3, -0.25) is 9.59 Å². The molecule has 202 valence electrons. The number of carbonyl (C=O) groups is 2. The summed E-state index contributed by atoms with van der Waals surface area (Å²) in [6.07, 6.45) is 0.605. The fourth-order valence-electron chi connectivity index (χ4n) is 3.95. The Morgan fingerprint density at radius 3 is 2.13 bits per heavy atom. The molecular formula is C29H35N3O5S. The van der Waals surface area contributed by atoms with E-state index in [0.717, 1.165) is 22.4 Å². The highest BCUT2D eigenvalue weighted by Gasteiger charge is 2.26. The highest BCUT2D eigenvalue weighted by molar-refractivity contribution is 7.89. The van der Waals surface area contributed by atoms with Crippen molar-refractivity contribution in [1.29, 1.82) is 0 Å². The first-order valence-electron chi connectivity index (χ1n) is 12.6. The van der Waals surface area contributed by atoms with Crippen LogP contribution in [0.2, 0.25) is 0 Å². The van der Waals surface area contributed by atoms with Gasteiger partial charge in [0.05, 0.1) is 12.0 Å². The molecule has 2 N–H and O–H groups in total. The SMILES string of the molecule is CCNS(=O)(=O)c1ccc(CCC(=O)N(Cc2ccccc2)[C@@H](C)C(=O)NCc2ccc(OC)cc2)cc1. The molecule has 0 unspecified atom stereocenters. The number of hydrogen-bond donors (Lipinski definition) is 2. The molecule has 0 heterocycles. The van der Waals surface area contributed by atoms with E-state index in [0.29, 0.717) is 26.1 Å². The maximum absolute atomic E-state index is 13.3.